The molecular formula is C14H20N4O. The summed E-state index contributed by atoms with van der Waals surface area (Å²) in [5.74, 6) is 6.52. The van der Waals surface area contributed by atoms with Gasteiger partial charge < -0.3 is 4.74 Å². The quantitative estimate of drug-likeness (QED) is 0.611. The molecule has 0 amide bonds. The third kappa shape index (κ3) is 3.56. The monoisotopic (exact) mass is 260 g/mol. The number of hydrazine groups is 1. The molecule has 0 saturated heterocycles. The van der Waals surface area contributed by atoms with Gasteiger partial charge in [0.25, 0.3) is 0 Å². The molecule has 1 atom stereocenters. The predicted octanol–water partition coefficient (Wildman–Crippen LogP) is 1.57. The van der Waals surface area contributed by atoms with Crippen molar-refractivity contribution in [2.75, 3.05) is 6.61 Å². The molecule has 1 heterocycles. The van der Waals surface area contributed by atoms with Gasteiger partial charge in [-0.05, 0) is 30.7 Å². The van der Waals surface area contributed by atoms with Gasteiger partial charge in [0.2, 0.25) is 0 Å². The molecule has 0 aliphatic rings. The molecule has 0 radical (unpaired) electrons. The van der Waals surface area contributed by atoms with Gasteiger partial charge in [0, 0.05) is 19.7 Å². The lowest BCUT2D eigenvalue weighted by Crippen LogP contribution is -2.29. The van der Waals surface area contributed by atoms with Crippen LogP contribution < -0.4 is 16.0 Å². The van der Waals surface area contributed by atoms with E-state index in [1.54, 1.807) is 4.68 Å². The summed E-state index contributed by atoms with van der Waals surface area (Å²) in [7, 11) is 1.91. The Morgan fingerprint density at radius 3 is 2.89 bits per heavy atom. The fourth-order valence-corrected chi connectivity index (χ4v) is 2.04. The maximum Gasteiger partial charge on any atom is 0.119 e. The van der Waals surface area contributed by atoms with Crippen LogP contribution in [0.2, 0.25) is 0 Å². The van der Waals surface area contributed by atoms with Crippen molar-refractivity contribution in [1.29, 1.82) is 0 Å². The average Bonchev–Trinajstić information content (AvgIpc) is 2.82. The predicted molar refractivity (Wildman–Crippen MR) is 74.6 cm³/mol. The molecule has 0 saturated carbocycles. The van der Waals surface area contributed by atoms with E-state index in [4.69, 9.17) is 10.6 Å². The van der Waals surface area contributed by atoms with Crippen LogP contribution in [-0.2, 0) is 13.5 Å². The molecule has 0 aliphatic heterocycles. The summed E-state index contributed by atoms with van der Waals surface area (Å²) in [6, 6.07) is 9.99. The van der Waals surface area contributed by atoms with Gasteiger partial charge in [-0.1, -0.05) is 12.1 Å². The Labute approximate surface area is 113 Å². The van der Waals surface area contributed by atoms with Gasteiger partial charge >= 0.3 is 0 Å². The first-order chi connectivity index (χ1) is 9.22. The number of rotatable bonds is 6. The SMILES string of the molecule is CCOc1cccc(C(Cc2ccn(C)n2)NN)c1. The van der Waals surface area contributed by atoms with E-state index in [1.807, 2.05) is 50.5 Å². The lowest BCUT2D eigenvalue weighted by Gasteiger charge is -2.16. The Bertz CT molecular complexity index is 524. The first-order valence-corrected chi connectivity index (χ1v) is 6.40. The zero-order chi connectivity index (χ0) is 13.7. The molecule has 5 nitrogen and oxygen atoms in total. The fourth-order valence-electron chi connectivity index (χ4n) is 2.04. The Morgan fingerprint density at radius 2 is 2.26 bits per heavy atom. The number of hydrogen-bond acceptors (Lipinski definition) is 4. The fraction of sp³-hybridized carbons (Fsp3) is 0.357. The van der Waals surface area contributed by atoms with E-state index >= 15 is 0 Å². The zero-order valence-corrected chi connectivity index (χ0v) is 11.3. The summed E-state index contributed by atoms with van der Waals surface area (Å²) in [4.78, 5) is 0. The van der Waals surface area contributed by atoms with Crippen LogP contribution in [0.1, 0.15) is 24.2 Å². The number of nitrogens with zero attached hydrogens (tertiary/aromatic N) is 2. The summed E-state index contributed by atoms with van der Waals surface area (Å²) in [6.07, 6.45) is 2.67. The maximum atomic E-state index is 5.66. The molecule has 0 fully saturated rings. The van der Waals surface area contributed by atoms with Crippen molar-refractivity contribution in [1.82, 2.24) is 15.2 Å². The third-order valence-electron chi connectivity index (χ3n) is 2.95. The van der Waals surface area contributed by atoms with Crippen molar-refractivity contribution in [3.05, 3.63) is 47.8 Å². The van der Waals surface area contributed by atoms with Crippen molar-refractivity contribution in [3.63, 3.8) is 0 Å². The average molecular weight is 260 g/mol. The topological polar surface area (TPSA) is 65.1 Å². The van der Waals surface area contributed by atoms with Gasteiger partial charge in [-0.2, -0.15) is 5.10 Å². The summed E-state index contributed by atoms with van der Waals surface area (Å²) in [5, 5.41) is 4.37. The summed E-state index contributed by atoms with van der Waals surface area (Å²) in [5.41, 5.74) is 4.94. The number of aromatic nitrogens is 2. The number of hydrogen-bond donors (Lipinski definition) is 2. The van der Waals surface area contributed by atoms with Gasteiger partial charge in [0.15, 0.2) is 0 Å². The first kappa shape index (κ1) is 13.6. The molecule has 2 rings (SSSR count). The first-order valence-electron chi connectivity index (χ1n) is 6.40. The van der Waals surface area contributed by atoms with Crippen molar-refractivity contribution >= 4 is 0 Å². The van der Waals surface area contributed by atoms with E-state index in [1.165, 1.54) is 0 Å². The largest absolute Gasteiger partial charge is 0.494 e. The van der Waals surface area contributed by atoms with E-state index in [-0.39, 0.29) is 6.04 Å². The maximum absolute atomic E-state index is 5.66. The van der Waals surface area contributed by atoms with Gasteiger partial charge in [-0.25, -0.2) is 0 Å². The number of nitrogens with two attached hydrogens (primary N) is 1. The normalized spacial score (nSPS) is 12.4. The highest BCUT2D eigenvalue weighted by Gasteiger charge is 2.12. The minimum absolute atomic E-state index is 0.0234. The minimum Gasteiger partial charge on any atom is -0.494 e. The van der Waals surface area contributed by atoms with Crippen LogP contribution in [0.15, 0.2) is 36.5 Å². The Hall–Kier alpha value is -1.85. The van der Waals surface area contributed by atoms with Crippen LogP contribution in [0.25, 0.3) is 0 Å². The summed E-state index contributed by atoms with van der Waals surface area (Å²) < 4.78 is 7.30. The standard InChI is InChI=1S/C14H20N4O/c1-3-19-13-6-4-5-11(9-13)14(16-15)10-12-7-8-18(2)17-12/h4-9,14,16H,3,10,15H2,1-2H3. The van der Waals surface area contributed by atoms with Crippen LogP contribution in [0.4, 0.5) is 0 Å². The van der Waals surface area contributed by atoms with Crippen LogP contribution in [0.5, 0.6) is 5.75 Å². The van der Waals surface area contributed by atoms with Crippen LogP contribution in [-0.4, -0.2) is 16.4 Å². The third-order valence-corrected chi connectivity index (χ3v) is 2.95. The molecule has 0 spiro atoms. The molecule has 3 N–H and O–H groups in total. The van der Waals surface area contributed by atoms with Gasteiger partial charge in [0.05, 0.1) is 18.3 Å². The summed E-state index contributed by atoms with van der Waals surface area (Å²) >= 11 is 0. The Morgan fingerprint density at radius 1 is 1.42 bits per heavy atom. The molecule has 1 aromatic heterocycles. The number of benzene rings is 1. The van der Waals surface area contributed by atoms with Gasteiger partial charge in [0.1, 0.15) is 5.75 Å². The molecule has 0 aliphatic carbocycles. The Balaban J connectivity index is 2.14. The zero-order valence-electron chi connectivity index (χ0n) is 11.3. The lowest BCUT2D eigenvalue weighted by molar-refractivity contribution is 0.339. The molecular weight excluding hydrogens is 240 g/mol. The molecule has 0 bridgehead atoms. The summed E-state index contributed by atoms with van der Waals surface area (Å²) in [6.45, 7) is 2.63. The highest BCUT2D eigenvalue weighted by atomic mass is 16.5. The van der Waals surface area contributed by atoms with Crippen LogP contribution in [0.3, 0.4) is 0 Å². The van der Waals surface area contributed by atoms with Crippen molar-refractivity contribution in [2.45, 2.75) is 19.4 Å². The number of nitrogens with one attached hydrogen (secondary N) is 1. The van der Waals surface area contributed by atoms with E-state index in [0.29, 0.717) is 6.61 Å². The van der Waals surface area contributed by atoms with Crippen molar-refractivity contribution in [2.24, 2.45) is 12.9 Å². The Kier molecular flexibility index (Phi) is 4.54. The van der Waals surface area contributed by atoms with E-state index in [9.17, 15) is 0 Å². The second-order valence-electron chi connectivity index (χ2n) is 4.41. The van der Waals surface area contributed by atoms with E-state index in [2.05, 4.69) is 10.5 Å². The van der Waals surface area contributed by atoms with E-state index in [0.717, 1.165) is 23.4 Å². The molecule has 1 unspecified atom stereocenters. The molecule has 102 valence electrons. The smallest absolute Gasteiger partial charge is 0.119 e. The van der Waals surface area contributed by atoms with Crippen molar-refractivity contribution in [3.8, 4) is 5.75 Å². The van der Waals surface area contributed by atoms with Crippen LogP contribution >= 0.6 is 0 Å². The highest BCUT2D eigenvalue weighted by Crippen LogP contribution is 2.21. The number of ether oxygens (including phenoxy) is 1. The second-order valence-corrected chi connectivity index (χ2v) is 4.41. The molecule has 1 aromatic carbocycles. The van der Waals surface area contributed by atoms with Gasteiger partial charge in [-0.15, -0.1) is 0 Å². The number of aryl methyl sites for hydroxylation is 1. The highest BCUT2D eigenvalue weighted by molar-refractivity contribution is 5.31. The van der Waals surface area contributed by atoms with Crippen LogP contribution in [0, 0.1) is 0 Å². The van der Waals surface area contributed by atoms with E-state index < -0.39 is 0 Å². The minimum atomic E-state index is 0.0234. The lowest BCUT2D eigenvalue weighted by atomic mass is 10.0. The second kappa shape index (κ2) is 6.36. The molecule has 2 aromatic rings. The molecule has 19 heavy (non-hydrogen) atoms. The molecule has 5 heteroatoms. The van der Waals surface area contributed by atoms with Gasteiger partial charge in [-0.3, -0.25) is 16.0 Å². The van der Waals surface area contributed by atoms with Crippen molar-refractivity contribution < 1.29 is 4.74 Å².